The Kier molecular flexibility index (Phi) is 5.41. The second-order valence-electron chi connectivity index (χ2n) is 10.1. The summed E-state index contributed by atoms with van der Waals surface area (Å²) in [7, 11) is 0. The van der Waals surface area contributed by atoms with Crippen LogP contribution in [0.2, 0.25) is 20.4 Å². The largest absolute Gasteiger partial charge is 0.307 e. The van der Waals surface area contributed by atoms with Gasteiger partial charge in [0, 0.05) is 6.20 Å². The molecule has 4 bridgehead atoms. The minimum Gasteiger partial charge on any atom is -0.307 e. The van der Waals surface area contributed by atoms with Gasteiger partial charge in [-0.2, -0.15) is 5.10 Å². The molecule has 4 saturated carbocycles. The Hall–Kier alpha value is -1.80. The molecule has 0 aliphatic heterocycles. The van der Waals surface area contributed by atoms with Gasteiger partial charge in [0.2, 0.25) is 11.2 Å². The summed E-state index contributed by atoms with van der Waals surface area (Å²) >= 11 is 24.6. The van der Waals surface area contributed by atoms with Crippen LogP contribution in [0.4, 0.5) is 5.82 Å². The third kappa shape index (κ3) is 3.81. The molecule has 3 aromatic rings. The third-order valence-electron chi connectivity index (χ3n) is 7.74. The van der Waals surface area contributed by atoms with Gasteiger partial charge in [0.1, 0.15) is 11.3 Å². The molecule has 2 aromatic heterocycles. The fourth-order valence-electron chi connectivity index (χ4n) is 6.85. The molecule has 0 saturated heterocycles. The van der Waals surface area contributed by atoms with Crippen LogP contribution in [0, 0.1) is 17.3 Å². The Labute approximate surface area is 216 Å². The van der Waals surface area contributed by atoms with E-state index in [0.717, 1.165) is 44.1 Å². The second kappa shape index (κ2) is 8.12. The highest BCUT2D eigenvalue weighted by molar-refractivity contribution is 6.42. The SMILES string of the molecule is O=C(Nc1nn(Cc2ccc(Cl)c(Cl)c2)cc1Cl)C12CC3CC(C1)CC(n1cnc(Cl)n1)(C3)C2. The average Bonchev–Trinajstić information content (AvgIpc) is 3.36. The molecule has 0 spiro atoms. The molecule has 1 aromatic carbocycles. The normalized spacial score (nSPS) is 29.5. The number of nitrogens with one attached hydrogen (secondary N) is 1. The van der Waals surface area contributed by atoms with E-state index < -0.39 is 5.41 Å². The zero-order valence-electron chi connectivity index (χ0n) is 18.1. The zero-order chi connectivity index (χ0) is 23.7. The fourth-order valence-corrected chi connectivity index (χ4v) is 7.49. The van der Waals surface area contributed by atoms with Crippen LogP contribution in [0.3, 0.4) is 0 Å². The van der Waals surface area contributed by atoms with Crippen LogP contribution in [0.15, 0.2) is 30.7 Å². The second-order valence-corrected chi connectivity index (χ2v) is 11.7. The van der Waals surface area contributed by atoms with Crippen molar-refractivity contribution in [1.29, 1.82) is 0 Å². The van der Waals surface area contributed by atoms with E-state index in [2.05, 4.69) is 20.5 Å². The number of benzene rings is 1. The van der Waals surface area contributed by atoms with E-state index in [0.29, 0.717) is 39.3 Å². The molecule has 34 heavy (non-hydrogen) atoms. The van der Waals surface area contributed by atoms with E-state index in [4.69, 9.17) is 46.4 Å². The van der Waals surface area contributed by atoms with Crippen LogP contribution in [0.1, 0.15) is 44.1 Å². The first-order valence-electron chi connectivity index (χ1n) is 11.3. The number of carbonyl (C=O) groups excluding carboxylic acids is 1. The first-order chi connectivity index (χ1) is 16.2. The first-order valence-corrected chi connectivity index (χ1v) is 12.8. The van der Waals surface area contributed by atoms with Gasteiger partial charge >= 0.3 is 0 Å². The topological polar surface area (TPSA) is 77.6 Å². The number of anilines is 1. The molecule has 2 heterocycles. The van der Waals surface area contributed by atoms with Crippen LogP contribution >= 0.6 is 46.4 Å². The van der Waals surface area contributed by atoms with Gasteiger partial charge in [-0.15, -0.1) is 5.10 Å². The Morgan fingerprint density at radius 1 is 1.03 bits per heavy atom. The minimum atomic E-state index is -0.473. The van der Waals surface area contributed by atoms with Crippen LogP contribution in [0.5, 0.6) is 0 Å². The highest BCUT2D eigenvalue weighted by Crippen LogP contribution is 2.64. The summed E-state index contributed by atoms with van der Waals surface area (Å²) in [5, 5.41) is 13.6. The van der Waals surface area contributed by atoms with E-state index in [1.807, 2.05) is 10.7 Å². The van der Waals surface area contributed by atoms with E-state index in [1.54, 1.807) is 29.3 Å². The van der Waals surface area contributed by atoms with Crippen molar-refractivity contribution in [1.82, 2.24) is 24.5 Å². The van der Waals surface area contributed by atoms with Gasteiger partial charge in [-0.05, 0) is 79.7 Å². The molecule has 1 amide bonds. The number of hydrogen-bond donors (Lipinski definition) is 1. The van der Waals surface area contributed by atoms with Crippen molar-refractivity contribution >= 4 is 58.1 Å². The van der Waals surface area contributed by atoms with Gasteiger partial charge in [-0.1, -0.05) is 40.9 Å². The first kappa shape index (κ1) is 22.7. The molecule has 2 unspecified atom stereocenters. The number of carbonyl (C=O) groups is 1. The molecule has 7 nitrogen and oxygen atoms in total. The van der Waals surface area contributed by atoms with Crippen molar-refractivity contribution in [2.45, 2.75) is 50.6 Å². The quantitative estimate of drug-likeness (QED) is 0.426. The molecule has 4 aliphatic rings. The van der Waals surface area contributed by atoms with Crippen LogP contribution < -0.4 is 5.32 Å². The van der Waals surface area contributed by atoms with Crippen molar-refractivity contribution < 1.29 is 4.79 Å². The van der Waals surface area contributed by atoms with Crippen molar-refractivity contribution in [3.8, 4) is 0 Å². The lowest BCUT2D eigenvalue weighted by atomic mass is 9.46. The Morgan fingerprint density at radius 3 is 2.47 bits per heavy atom. The van der Waals surface area contributed by atoms with Gasteiger partial charge in [0.05, 0.1) is 27.5 Å². The van der Waals surface area contributed by atoms with Crippen molar-refractivity contribution in [2.75, 3.05) is 5.32 Å². The Balaban J connectivity index is 1.23. The summed E-state index contributed by atoms with van der Waals surface area (Å²) in [5.41, 5.74) is 0.249. The number of amides is 1. The van der Waals surface area contributed by atoms with Gasteiger partial charge in [-0.25, -0.2) is 9.67 Å². The maximum absolute atomic E-state index is 13.7. The fraction of sp³-hybridized carbons (Fsp3) is 0.478. The van der Waals surface area contributed by atoms with Crippen molar-refractivity contribution in [2.24, 2.45) is 17.3 Å². The molecular weight excluding hydrogens is 518 g/mol. The summed E-state index contributed by atoms with van der Waals surface area (Å²) in [6, 6.07) is 5.43. The lowest BCUT2D eigenvalue weighted by molar-refractivity contribution is -0.150. The summed E-state index contributed by atoms with van der Waals surface area (Å²) in [5.74, 6) is 1.33. The number of halogens is 4. The minimum absolute atomic E-state index is 0.0149. The highest BCUT2D eigenvalue weighted by Gasteiger charge is 2.61. The smallest absolute Gasteiger partial charge is 0.242 e. The standard InChI is InChI=1S/C23H22Cl4N6O/c24-16-2-1-13(4-17(16)25)9-32-10-18(26)19(30-32)29-20(34)22-5-14-3-15(6-22)8-23(7-14,11-22)33-12-28-21(27)31-33/h1-2,4,10,12,14-15H,3,5-9,11H2,(H,29,30,34). The molecule has 0 radical (unpaired) electrons. The van der Waals surface area contributed by atoms with E-state index in [9.17, 15) is 4.79 Å². The zero-order valence-corrected chi connectivity index (χ0v) is 21.2. The lowest BCUT2D eigenvalue weighted by Gasteiger charge is -2.60. The lowest BCUT2D eigenvalue weighted by Crippen LogP contribution is -2.60. The monoisotopic (exact) mass is 538 g/mol. The van der Waals surface area contributed by atoms with Crippen LogP contribution in [-0.2, 0) is 16.9 Å². The third-order valence-corrected chi connectivity index (χ3v) is 8.93. The molecule has 7 rings (SSSR count). The predicted molar refractivity (Wildman–Crippen MR) is 132 cm³/mol. The number of hydrogen-bond acceptors (Lipinski definition) is 4. The molecule has 1 N–H and O–H groups in total. The van der Waals surface area contributed by atoms with E-state index >= 15 is 0 Å². The van der Waals surface area contributed by atoms with Crippen LogP contribution in [0.25, 0.3) is 0 Å². The van der Waals surface area contributed by atoms with E-state index in [-0.39, 0.29) is 16.7 Å². The van der Waals surface area contributed by atoms with Crippen molar-refractivity contribution in [3.05, 3.63) is 56.6 Å². The van der Waals surface area contributed by atoms with Crippen molar-refractivity contribution in [3.63, 3.8) is 0 Å². The summed E-state index contributed by atoms with van der Waals surface area (Å²) in [6.07, 6.45) is 9.08. The maximum atomic E-state index is 13.7. The number of nitrogens with zero attached hydrogens (tertiary/aromatic N) is 5. The van der Waals surface area contributed by atoms with Gasteiger partial charge in [-0.3, -0.25) is 9.48 Å². The number of rotatable bonds is 5. The molecule has 4 fully saturated rings. The van der Waals surface area contributed by atoms with Crippen LogP contribution in [-0.4, -0.2) is 30.5 Å². The summed E-state index contributed by atoms with van der Waals surface area (Å²) in [4.78, 5) is 17.9. The Morgan fingerprint density at radius 2 is 1.79 bits per heavy atom. The average molecular weight is 540 g/mol. The number of aromatic nitrogens is 5. The van der Waals surface area contributed by atoms with Gasteiger partial charge < -0.3 is 5.32 Å². The van der Waals surface area contributed by atoms with E-state index in [1.165, 1.54) is 0 Å². The molecule has 2 atom stereocenters. The molecular formula is C23H22Cl4N6O. The maximum Gasteiger partial charge on any atom is 0.242 e. The Bertz CT molecular complexity index is 1270. The predicted octanol–water partition coefficient (Wildman–Crippen LogP) is 6.07. The summed E-state index contributed by atoms with van der Waals surface area (Å²) in [6.45, 7) is 0.456. The molecule has 178 valence electrons. The molecule has 4 aliphatic carbocycles. The highest BCUT2D eigenvalue weighted by atomic mass is 35.5. The molecule has 11 heteroatoms. The summed E-state index contributed by atoms with van der Waals surface area (Å²) < 4.78 is 3.60. The van der Waals surface area contributed by atoms with Gasteiger partial charge in [0.15, 0.2) is 5.82 Å². The van der Waals surface area contributed by atoms with Gasteiger partial charge in [0.25, 0.3) is 0 Å².